The normalized spacial score (nSPS) is 21.3. The molecule has 0 aromatic rings. The maximum absolute atomic E-state index is 10.5. The molecule has 0 saturated carbocycles. The molecule has 1 N–H and O–H groups in total. The van der Waals surface area contributed by atoms with Gasteiger partial charge < -0.3 is 14.7 Å². The van der Waals surface area contributed by atoms with Crippen molar-refractivity contribution in [2.75, 3.05) is 14.1 Å². The van der Waals surface area contributed by atoms with Gasteiger partial charge in [0.2, 0.25) is 12.4 Å². The minimum absolute atomic E-state index is 0.0463. The minimum Gasteiger partial charge on any atom is -0.351 e. The van der Waals surface area contributed by atoms with Crippen LogP contribution in [0.1, 0.15) is 76.2 Å². The maximum Gasteiger partial charge on any atom is 0.213 e. The van der Waals surface area contributed by atoms with E-state index in [2.05, 4.69) is 97.8 Å². The Balaban J connectivity index is 0.000000561. The van der Waals surface area contributed by atoms with Gasteiger partial charge in [0.25, 0.3) is 0 Å². The molecule has 0 bridgehead atoms. The largest absolute Gasteiger partial charge is 0.351 e. The minimum atomic E-state index is 0.0463. The molecule has 0 aliphatic carbocycles. The topological polar surface area (TPSA) is 66.8 Å². The number of carbonyl (C=O) groups excluding carboxylic acids is 1. The van der Waals surface area contributed by atoms with Crippen molar-refractivity contribution in [1.82, 2.24) is 24.9 Å². The number of nitrogens with one attached hydrogen (secondary N) is 1. The number of aliphatic imine (C=N–C) groups is 2. The van der Waals surface area contributed by atoms with Gasteiger partial charge in [-0.15, -0.1) is 0 Å². The number of hydrogen-bond acceptors (Lipinski definition) is 5. The molecule has 0 saturated heterocycles. The van der Waals surface area contributed by atoms with Crippen molar-refractivity contribution >= 4 is 18.2 Å². The third-order valence-corrected chi connectivity index (χ3v) is 5.28. The fraction of sp³-hybridized carbons (Fsp3) is 0.708. The molecule has 0 aromatic heterocycles. The standard InChI is InChI=1S/C11H20N4O.C11H21N3.C2H6/c1-9-14(10(12-5)13-8-16)6-7-15(9)11(2,3)4;1-9(12-6)13-7-8-14(10(13)2)11(3,4)5;1-2/h6-9H,1-5H3,(H,12,13,16);7-8,10H,1-6H3;1-2H3. The van der Waals surface area contributed by atoms with E-state index in [1.54, 1.807) is 7.05 Å². The van der Waals surface area contributed by atoms with Gasteiger partial charge in [-0.3, -0.25) is 25.0 Å². The first-order valence-corrected chi connectivity index (χ1v) is 11.4. The summed E-state index contributed by atoms with van der Waals surface area (Å²) in [7, 11) is 3.49. The first kappa shape index (κ1) is 29.5. The molecule has 184 valence electrons. The Morgan fingerprint density at radius 2 is 1.22 bits per heavy atom. The SMILES string of the molecule is CC.CN=C(C)N1C=CN(C(C)(C)C)C1C.CN=C(NC=O)N1C=CN(C(C)(C)C)C1C. The van der Waals surface area contributed by atoms with E-state index in [4.69, 9.17) is 0 Å². The van der Waals surface area contributed by atoms with E-state index in [1.165, 1.54) is 0 Å². The second kappa shape index (κ2) is 12.5. The lowest BCUT2D eigenvalue weighted by Crippen LogP contribution is -2.50. The molecule has 1 amide bonds. The van der Waals surface area contributed by atoms with Gasteiger partial charge in [-0.1, -0.05) is 13.8 Å². The van der Waals surface area contributed by atoms with Crippen LogP contribution in [0.5, 0.6) is 0 Å². The number of nitrogens with zero attached hydrogens (tertiary/aromatic N) is 6. The highest BCUT2D eigenvalue weighted by molar-refractivity contribution is 5.89. The van der Waals surface area contributed by atoms with E-state index >= 15 is 0 Å². The lowest BCUT2D eigenvalue weighted by Gasteiger charge is -2.38. The zero-order valence-corrected chi connectivity index (χ0v) is 22.6. The number of amidine groups is 1. The molecule has 32 heavy (non-hydrogen) atoms. The Labute approximate surface area is 196 Å². The molecular formula is C24H47N7O. The average Bonchev–Trinajstić information content (AvgIpc) is 3.30. The number of amides is 1. The molecule has 0 aromatic carbocycles. The summed E-state index contributed by atoms with van der Waals surface area (Å²) >= 11 is 0. The smallest absolute Gasteiger partial charge is 0.213 e. The Kier molecular flexibility index (Phi) is 11.5. The Morgan fingerprint density at radius 1 is 0.812 bits per heavy atom. The quantitative estimate of drug-likeness (QED) is 0.368. The van der Waals surface area contributed by atoms with Crippen LogP contribution >= 0.6 is 0 Å². The third kappa shape index (κ3) is 7.57. The highest BCUT2D eigenvalue weighted by Gasteiger charge is 2.32. The number of guanidine groups is 1. The monoisotopic (exact) mass is 449 g/mol. The maximum atomic E-state index is 10.5. The van der Waals surface area contributed by atoms with Crippen molar-refractivity contribution in [2.24, 2.45) is 9.98 Å². The van der Waals surface area contributed by atoms with Gasteiger partial charge in [-0.25, -0.2) is 0 Å². The third-order valence-electron chi connectivity index (χ3n) is 5.28. The summed E-state index contributed by atoms with van der Waals surface area (Å²) in [6, 6.07) is 0. The molecule has 8 heteroatoms. The van der Waals surface area contributed by atoms with Crippen molar-refractivity contribution in [3.63, 3.8) is 0 Å². The Morgan fingerprint density at radius 3 is 1.53 bits per heavy atom. The van der Waals surface area contributed by atoms with E-state index in [0.29, 0.717) is 18.5 Å². The second-order valence-electron chi connectivity index (χ2n) is 9.41. The zero-order chi connectivity index (χ0) is 25.3. The van der Waals surface area contributed by atoms with E-state index < -0.39 is 0 Å². The van der Waals surface area contributed by atoms with Crippen molar-refractivity contribution in [3.8, 4) is 0 Å². The van der Waals surface area contributed by atoms with Gasteiger partial charge in [0, 0.05) is 50.0 Å². The van der Waals surface area contributed by atoms with Crippen LogP contribution in [0.2, 0.25) is 0 Å². The van der Waals surface area contributed by atoms with Gasteiger partial charge in [-0.2, -0.15) is 0 Å². The summed E-state index contributed by atoms with van der Waals surface area (Å²) in [6.45, 7) is 23.4. The van der Waals surface area contributed by atoms with Gasteiger partial charge in [0.05, 0.1) is 0 Å². The number of hydrogen-bond donors (Lipinski definition) is 1. The molecule has 0 fully saturated rings. The van der Waals surface area contributed by atoms with Crippen LogP contribution in [0.15, 0.2) is 34.8 Å². The molecule has 2 rings (SSSR count). The summed E-state index contributed by atoms with van der Waals surface area (Å²) in [4.78, 5) is 27.4. The van der Waals surface area contributed by atoms with Gasteiger partial charge in [-0.05, 0) is 62.3 Å². The van der Waals surface area contributed by atoms with Crippen LogP contribution in [0.3, 0.4) is 0 Å². The van der Waals surface area contributed by atoms with Gasteiger partial charge >= 0.3 is 0 Å². The summed E-state index contributed by atoms with van der Waals surface area (Å²) in [5.74, 6) is 1.62. The molecule has 0 spiro atoms. The predicted octanol–water partition coefficient (Wildman–Crippen LogP) is 4.25. The summed E-state index contributed by atoms with van der Waals surface area (Å²) in [6.07, 6.45) is 9.32. The molecule has 2 aliphatic rings. The fourth-order valence-corrected chi connectivity index (χ4v) is 3.67. The molecule has 2 atom stereocenters. The van der Waals surface area contributed by atoms with Crippen molar-refractivity contribution < 1.29 is 4.79 Å². The highest BCUT2D eigenvalue weighted by Crippen LogP contribution is 2.26. The molecule has 0 radical (unpaired) electrons. The zero-order valence-electron chi connectivity index (χ0n) is 22.6. The number of carbonyl (C=O) groups is 1. The van der Waals surface area contributed by atoms with Gasteiger partial charge in [0.15, 0.2) is 0 Å². The summed E-state index contributed by atoms with van der Waals surface area (Å²) < 4.78 is 0. The van der Waals surface area contributed by atoms with Crippen LogP contribution in [0.25, 0.3) is 0 Å². The number of rotatable bonds is 1. The van der Waals surface area contributed by atoms with Crippen LogP contribution in [-0.4, -0.2) is 75.3 Å². The lowest BCUT2D eigenvalue weighted by molar-refractivity contribution is -0.108. The van der Waals surface area contributed by atoms with E-state index in [1.807, 2.05) is 45.1 Å². The van der Waals surface area contributed by atoms with Crippen LogP contribution in [-0.2, 0) is 4.79 Å². The van der Waals surface area contributed by atoms with Crippen molar-refractivity contribution in [1.29, 1.82) is 0 Å². The van der Waals surface area contributed by atoms with E-state index in [9.17, 15) is 4.79 Å². The second-order valence-corrected chi connectivity index (χ2v) is 9.41. The first-order valence-electron chi connectivity index (χ1n) is 11.4. The molecule has 8 nitrogen and oxygen atoms in total. The van der Waals surface area contributed by atoms with Crippen LogP contribution in [0, 0.1) is 0 Å². The van der Waals surface area contributed by atoms with E-state index in [0.717, 1.165) is 5.84 Å². The predicted molar refractivity (Wildman–Crippen MR) is 137 cm³/mol. The molecule has 2 heterocycles. The fourth-order valence-electron chi connectivity index (χ4n) is 3.67. The lowest BCUT2D eigenvalue weighted by atomic mass is 10.1. The van der Waals surface area contributed by atoms with Crippen LogP contribution < -0.4 is 5.32 Å². The summed E-state index contributed by atoms with van der Waals surface area (Å²) in [5, 5.41) is 2.59. The van der Waals surface area contributed by atoms with Gasteiger partial charge in [0.1, 0.15) is 18.2 Å². The van der Waals surface area contributed by atoms with Crippen LogP contribution in [0.4, 0.5) is 0 Å². The Hall–Kier alpha value is -2.51. The first-order chi connectivity index (χ1) is 14.8. The van der Waals surface area contributed by atoms with E-state index in [-0.39, 0.29) is 17.2 Å². The molecule has 2 unspecified atom stereocenters. The van der Waals surface area contributed by atoms with Crippen molar-refractivity contribution in [3.05, 3.63) is 24.8 Å². The van der Waals surface area contributed by atoms with Crippen molar-refractivity contribution in [2.45, 2.75) is 99.6 Å². The molecular weight excluding hydrogens is 402 g/mol. The highest BCUT2D eigenvalue weighted by atomic mass is 16.1. The average molecular weight is 450 g/mol. The Bertz CT molecular complexity index is 698. The molecule has 2 aliphatic heterocycles. The summed E-state index contributed by atoms with van der Waals surface area (Å²) in [5.41, 5.74) is 0.212.